The number of nitrogens with one attached hydrogen (secondary N) is 1. The zero-order valence-corrected chi connectivity index (χ0v) is 11.2. The Kier molecular flexibility index (Phi) is 6.61. The Bertz CT molecular complexity index is 405. The maximum atomic E-state index is 11.1. The van der Waals surface area contributed by atoms with Crippen LogP contribution in [0.3, 0.4) is 0 Å². The highest BCUT2D eigenvalue weighted by Gasteiger charge is 2.03. The standard InChI is InChI=1S/C14H19NOS/c1-13(17(2)16)10-12-15-11-6-9-14-7-4-3-5-8-14/h3-5,7-8,13,15H,10-12H2,1-2H3. The van der Waals surface area contributed by atoms with E-state index in [0.717, 1.165) is 18.5 Å². The van der Waals surface area contributed by atoms with Crippen LogP contribution in [-0.2, 0) is 10.8 Å². The van der Waals surface area contributed by atoms with Gasteiger partial charge in [0, 0.05) is 27.9 Å². The maximum Gasteiger partial charge on any atom is 0.0580 e. The summed E-state index contributed by atoms with van der Waals surface area (Å²) in [4.78, 5) is 0. The van der Waals surface area contributed by atoms with Crippen LogP contribution in [-0.4, -0.2) is 28.8 Å². The van der Waals surface area contributed by atoms with Crippen molar-refractivity contribution in [2.75, 3.05) is 19.3 Å². The van der Waals surface area contributed by atoms with Gasteiger partial charge in [-0.25, -0.2) is 0 Å². The lowest BCUT2D eigenvalue weighted by molar-refractivity contribution is 0.652. The Morgan fingerprint density at radius 2 is 2.06 bits per heavy atom. The Balaban J connectivity index is 2.17. The lowest BCUT2D eigenvalue weighted by Gasteiger charge is -2.06. The minimum atomic E-state index is -0.723. The second kappa shape index (κ2) is 8.05. The molecule has 0 fully saturated rings. The first-order chi connectivity index (χ1) is 8.20. The molecule has 0 radical (unpaired) electrons. The number of hydrogen-bond acceptors (Lipinski definition) is 2. The minimum Gasteiger partial charge on any atom is -0.306 e. The van der Waals surface area contributed by atoms with Crippen LogP contribution < -0.4 is 5.32 Å². The summed E-state index contributed by atoms with van der Waals surface area (Å²) < 4.78 is 11.1. The Morgan fingerprint density at radius 3 is 2.71 bits per heavy atom. The Morgan fingerprint density at radius 1 is 1.35 bits per heavy atom. The maximum absolute atomic E-state index is 11.1. The predicted molar refractivity (Wildman–Crippen MR) is 74.3 cm³/mol. The molecule has 1 aromatic carbocycles. The summed E-state index contributed by atoms with van der Waals surface area (Å²) in [6.45, 7) is 3.55. The molecule has 17 heavy (non-hydrogen) atoms. The van der Waals surface area contributed by atoms with E-state index in [1.807, 2.05) is 37.3 Å². The van der Waals surface area contributed by atoms with Gasteiger partial charge in [0.25, 0.3) is 0 Å². The number of benzene rings is 1. The molecule has 0 saturated heterocycles. The topological polar surface area (TPSA) is 29.1 Å². The lowest BCUT2D eigenvalue weighted by Crippen LogP contribution is -2.21. The molecule has 2 nitrogen and oxygen atoms in total. The third-order valence-electron chi connectivity index (χ3n) is 2.51. The van der Waals surface area contributed by atoms with Crippen molar-refractivity contribution in [2.45, 2.75) is 18.6 Å². The van der Waals surface area contributed by atoms with Crippen LogP contribution in [0.1, 0.15) is 18.9 Å². The van der Waals surface area contributed by atoms with E-state index in [9.17, 15) is 4.21 Å². The van der Waals surface area contributed by atoms with E-state index < -0.39 is 10.8 Å². The zero-order chi connectivity index (χ0) is 12.5. The third kappa shape index (κ3) is 6.25. The largest absolute Gasteiger partial charge is 0.306 e. The van der Waals surface area contributed by atoms with Crippen LogP contribution >= 0.6 is 0 Å². The summed E-state index contributed by atoms with van der Waals surface area (Å²) >= 11 is 0. The van der Waals surface area contributed by atoms with E-state index in [1.54, 1.807) is 6.26 Å². The fraction of sp³-hybridized carbons (Fsp3) is 0.429. The molecule has 0 aliphatic rings. The molecule has 1 N–H and O–H groups in total. The van der Waals surface area contributed by atoms with Crippen LogP contribution in [0.4, 0.5) is 0 Å². The molecule has 0 spiro atoms. The summed E-state index contributed by atoms with van der Waals surface area (Å²) in [6.07, 6.45) is 2.68. The van der Waals surface area contributed by atoms with Gasteiger partial charge in [-0.15, -0.1) is 0 Å². The monoisotopic (exact) mass is 249 g/mol. The normalized spacial score (nSPS) is 13.5. The molecule has 0 saturated carbocycles. The Labute approximate surface area is 106 Å². The molecule has 0 aromatic heterocycles. The average Bonchev–Trinajstić information content (AvgIpc) is 2.34. The molecular weight excluding hydrogens is 230 g/mol. The fourth-order valence-electron chi connectivity index (χ4n) is 1.29. The average molecular weight is 249 g/mol. The van der Waals surface area contributed by atoms with Crippen molar-refractivity contribution in [3.8, 4) is 11.8 Å². The molecule has 92 valence electrons. The van der Waals surface area contributed by atoms with E-state index >= 15 is 0 Å². The van der Waals surface area contributed by atoms with Gasteiger partial charge in [-0.2, -0.15) is 0 Å². The molecule has 3 heteroatoms. The summed E-state index contributed by atoms with van der Waals surface area (Å²) in [5.41, 5.74) is 1.04. The summed E-state index contributed by atoms with van der Waals surface area (Å²) in [7, 11) is -0.723. The van der Waals surface area contributed by atoms with Crippen LogP contribution in [0.25, 0.3) is 0 Å². The Hall–Kier alpha value is -1.11. The molecule has 0 heterocycles. The lowest BCUT2D eigenvalue weighted by atomic mass is 10.2. The molecule has 0 bridgehead atoms. The highest BCUT2D eigenvalue weighted by molar-refractivity contribution is 7.84. The molecule has 2 unspecified atom stereocenters. The highest BCUT2D eigenvalue weighted by Crippen LogP contribution is 1.97. The van der Waals surface area contributed by atoms with Crippen molar-refractivity contribution in [1.29, 1.82) is 0 Å². The number of rotatable bonds is 5. The van der Waals surface area contributed by atoms with Gasteiger partial charge in [0.1, 0.15) is 0 Å². The van der Waals surface area contributed by atoms with Gasteiger partial charge in [-0.05, 0) is 25.1 Å². The van der Waals surface area contributed by atoms with Gasteiger partial charge in [-0.3, -0.25) is 4.21 Å². The van der Waals surface area contributed by atoms with Crippen molar-refractivity contribution >= 4 is 10.8 Å². The van der Waals surface area contributed by atoms with Crippen LogP contribution in [0.5, 0.6) is 0 Å². The zero-order valence-electron chi connectivity index (χ0n) is 10.4. The predicted octanol–water partition coefficient (Wildman–Crippen LogP) is 1.78. The van der Waals surface area contributed by atoms with Gasteiger partial charge < -0.3 is 5.32 Å². The second-order valence-electron chi connectivity index (χ2n) is 3.94. The first-order valence-corrected chi connectivity index (χ1v) is 7.39. The third-order valence-corrected chi connectivity index (χ3v) is 3.88. The van der Waals surface area contributed by atoms with Crippen LogP contribution in [0.15, 0.2) is 30.3 Å². The van der Waals surface area contributed by atoms with Gasteiger partial charge in [0.05, 0.1) is 6.54 Å². The van der Waals surface area contributed by atoms with E-state index in [0.29, 0.717) is 6.54 Å². The first kappa shape index (κ1) is 14.0. The summed E-state index contributed by atoms with van der Waals surface area (Å²) in [5.74, 6) is 6.15. The van der Waals surface area contributed by atoms with E-state index in [4.69, 9.17) is 0 Å². The number of hydrogen-bond donors (Lipinski definition) is 1. The van der Waals surface area contributed by atoms with Gasteiger partial charge in [0.15, 0.2) is 0 Å². The minimum absolute atomic E-state index is 0.254. The van der Waals surface area contributed by atoms with Crippen molar-refractivity contribution in [2.24, 2.45) is 0 Å². The fourth-order valence-corrected chi connectivity index (χ4v) is 1.74. The van der Waals surface area contributed by atoms with Gasteiger partial charge in [-0.1, -0.05) is 37.0 Å². The van der Waals surface area contributed by atoms with Crippen molar-refractivity contribution in [1.82, 2.24) is 5.32 Å². The molecule has 0 aliphatic carbocycles. The highest BCUT2D eigenvalue weighted by atomic mass is 32.2. The molecular formula is C14H19NOS. The summed E-state index contributed by atoms with van der Waals surface area (Å²) in [5, 5.41) is 3.49. The van der Waals surface area contributed by atoms with E-state index in [2.05, 4.69) is 17.2 Å². The molecule has 1 rings (SSSR count). The summed E-state index contributed by atoms with van der Waals surface area (Å²) in [6, 6.07) is 9.94. The van der Waals surface area contributed by atoms with Crippen LogP contribution in [0.2, 0.25) is 0 Å². The van der Waals surface area contributed by atoms with E-state index in [-0.39, 0.29) is 5.25 Å². The molecule has 2 atom stereocenters. The van der Waals surface area contributed by atoms with Crippen molar-refractivity contribution < 1.29 is 4.21 Å². The SMILES string of the molecule is CC(CCNCC#Cc1ccccc1)S(C)=O. The van der Waals surface area contributed by atoms with E-state index in [1.165, 1.54) is 0 Å². The quantitative estimate of drug-likeness (QED) is 0.637. The van der Waals surface area contributed by atoms with Crippen molar-refractivity contribution in [3.05, 3.63) is 35.9 Å². The van der Waals surface area contributed by atoms with Gasteiger partial charge >= 0.3 is 0 Å². The molecule has 0 amide bonds. The van der Waals surface area contributed by atoms with Gasteiger partial charge in [0.2, 0.25) is 0 Å². The smallest absolute Gasteiger partial charge is 0.0580 e. The molecule has 1 aromatic rings. The van der Waals surface area contributed by atoms with Crippen LogP contribution in [0, 0.1) is 11.8 Å². The first-order valence-electron chi connectivity index (χ1n) is 5.77. The van der Waals surface area contributed by atoms with Crippen molar-refractivity contribution in [3.63, 3.8) is 0 Å². The second-order valence-corrected chi connectivity index (χ2v) is 5.74. The molecule has 0 aliphatic heterocycles.